The van der Waals surface area contributed by atoms with Gasteiger partial charge in [-0.05, 0) is 60.2 Å². The van der Waals surface area contributed by atoms with E-state index in [2.05, 4.69) is 4.98 Å². The van der Waals surface area contributed by atoms with Crippen molar-refractivity contribution in [1.29, 1.82) is 0 Å². The first-order valence-corrected chi connectivity index (χ1v) is 12.3. The standard InChI is InChI=1S/C31H23N5O3/c32-29-25(7-4-16-33-29)30-35-27-14-13-26(21-5-2-1-3-6-21)34-31(27)36(30)23-10-8-20(9-11-23)19-39-24-12-15-28(38)22(17-24)18-37/h1-18,38H,19H2,(H2,32,33). The van der Waals surface area contributed by atoms with E-state index in [0.717, 1.165) is 28.0 Å². The van der Waals surface area contributed by atoms with E-state index in [1.165, 1.54) is 12.1 Å². The van der Waals surface area contributed by atoms with Gasteiger partial charge in [0.1, 0.15) is 29.4 Å². The highest BCUT2D eigenvalue weighted by Gasteiger charge is 2.18. The molecule has 190 valence electrons. The van der Waals surface area contributed by atoms with Crippen molar-refractivity contribution in [2.45, 2.75) is 6.61 Å². The number of anilines is 1. The van der Waals surface area contributed by atoms with Gasteiger partial charge in [-0.2, -0.15) is 0 Å². The van der Waals surface area contributed by atoms with E-state index in [9.17, 15) is 9.90 Å². The van der Waals surface area contributed by atoms with Crippen LogP contribution in [0.3, 0.4) is 0 Å². The average Bonchev–Trinajstić information content (AvgIpc) is 3.36. The van der Waals surface area contributed by atoms with Gasteiger partial charge >= 0.3 is 0 Å². The number of ether oxygens (including phenoxy) is 1. The Balaban J connectivity index is 1.39. The van der Waals surface area contributed by atoms with Crippen LogP contribution in [0.2, 0.25) is 0 Å². The molecule has 0 amide bonds. The average molecular weight is 514 g/mol. The van der Waals surface area contributed by atoms with Crippen LogP contribution in [0.1, 0.15) is 15.9 Å². The zero-order chi connectivity index (χ0) is 26.8. The molecule has 6 aromatic rings. The lowest BCUT2D eigenvalue weighted by molar-refractivity contribution is 0.112. The summed E-state index contributed by atoms with van der Waals surface area (Å²) in [6.45, 7) is 0.285. The molecule has 3 heterocycles. The second kappa shape index (κ2) is 10.1. The van der Waals surface area contributed by atoms with Crippen LogP contribution in [-0.4, -0.2) is 30.9 Å². The Morgan fingerprint density at radius 2 is 1.72 bits per heavy atom. The highest BCUT2D eigenvalue weighted by molar-refractivity contribution is 5.84. The van der Waals surface area contributed by atoms with Crippen LogP contribution in [0, 0.1) is 0 Å². The monoisotopic (exact) mass is 513 g/mol. The Bertz CT molecular complexity index is 1800. The Hall–Kier alpha value is -5.50. The number of aromatic hydroxyl groups is 1. The molecule has 0 fully saturated rings. The maximum absolute atomic E-state index is 11.1. The van der Waals surface area contributed by atoms with Crippen LogP contribution in [0.15, 0.2) is 103 Å². The zero-order valence-corrected chi connectivity index (χ0v) is 20.7. The fourth-order valence-corrected chi connectivity index (χ4v) is 4.38. The number of phenols is 1. The van der Waals surface area contributed by atoms with Gasteiger partial charge in [0.25, 0.3) is 0 Å². The van der Waals surface area contributed by atoms with Crippen LogP contribution in [0.5, 0.6) is 11.5 Å². The number of fused-ring (bicyclic) bond motifs is 1. The van der Waals surface area contributed by atoms with Gasteiger partial charge < -0.3 is 15.6 Å². The van der Waals surface area contributed by atoms with Gasteiger partial charge in [-0.3, -0.25) is 9.36 Å². The summed E-state index contributed by atoms with van der Waals surface area (Å²) in [5.74, 6) is 1.43. The minimum absolute atomic E-state index is 0.0802. The summed E-state index contributed by atoms with van der Waals surface area (Å²) in [6, 6.07) is 30.1. The normalized spacial score (nSPS) is 11.0. The largest absolute Gasteiger partial charge is 0.507 e. The summed E-state index contributed by atoms with van der Waals surface area (Å²) in [5.41, 5.74) is 12.2. The molecule has 0 bridgehead atoms. The molecule has 3 aromatic carbocycles. The number of carbonyl (C=O) groups is 1. The Kier molecular flexibility index (Phi) is 6.18. The molecule has 6 rings (SSSR count). The molecule has 0 aliphatic carbocycles. The van der Waals surface area contributed by atoms with Gasteiger partial charge in [0.15, 0.2) is 17.8 Å². The molecule has 0 radical (unpaired) electrons. The van der Waals surface area contributed by atoms with Gasteiger partial charge in [-0.15, -0.1) is 0 Å². The van der Waals surface area contributed by atoms with E-state index in [4.69, 9.17) is 20.4 Å². The van der Waals surface area contributed by atoms with E-state index in [-0.39, 0.29) is 17.9 Å². The molecule has 0 unspecified atom stereocenters. The molecule has 3 N–H and O–H groups in total. The topological polar surface area (TPSA) is 116 Å². The fourth-order valence-electron chi connectivity index (χ4n) is 4.38. The summed E-state index contributed by atoms with van der Waals surface area (Å²) in [7, 11) is 0. The van der Waals surface area contributed by atoms with Crippen molar-refractivity contribution in [2.24, 2.45) is 0 Å². The third kappa shape index (κ3) is 4.67. The second-order valence-corrected chi connectivity index (χ2v) is 8.91. The van der Waals surface area contributed by atoms with E-state index in [1.54, 1.807) is 12.3 Å². The minimum atomic E-state index is -0.0802. The predicted octanol–water partition coefficient (Wildman–Crippen LogP) is 5.83. The van der Waals surface area contributed by atoms with Crippen molar-refractivity contribution < 1.29 is 14.6 Å². The summed E-state index contributed by atoms with van der Waals surface area (Å²) < 4.78 is 7.82. The number of pyridine rings is 2. The van der Waals surface area contributed by atoms with Crippen molar-refractivity contribution >= 4 is 23.3 Å². The van der Waals surface area contributed by atoms with Crippen LogP contribution < -0.4 is 10.5 Å². The number of nitrogens with two attached hydrogens (primary N) is 1. The molecule has 0 saturated heterocycles. The van der Waals surface area contributed by atoms with Crippen molar-refractivity contribution in [1.82, 2.24) is 19.5 Å². The summed E-state index contributed by atoms with van der Waals surface area (Å²) >= 11 is 0. The SMILES string of the molecule is Nc1ncccc1-c1nc2ccc(-c3ccccc3)nc2n1-c1ccc(COc2ccc(O)c(C=O)c2)cc1. The zero-order valence-electron chi connectivity index (χ0n) is 20.7. The van der Waals surface area contributed by atoms with E-state index in [0.29, 0.717) is 34.9 Å². The molecule has 3 aromatic heterocycles. The van der Waals surface area contributed by atoms with E-state index < -0.39 is 0 Å². The lowest BCUT2D eigenvalue weighted by atomic mass is 10.1. The third-order valence-corrected chi connectivity index (χ3v) is 6.38. The van der Waals surface area contributed by atoms with Crippen molar-refractivity contribution in [2.75, 3.05) is 5.73 Å². The summed E-state index contributed by atoms with van der Waals surface area (Å²) in [6.07, 6.45) is 2.24. The highest BCUT2D eigenvalue weighted by atomic mass is 16.5. The minimum Gasteiger partial charge on any atom is -0.507 e. The predicted molar refractivity (Wildman–Crippen MR) is 150 cm³/mol. The summed E-state index contributed by atoms with van der Waals surface area (Å²) in [4.78, 5) is 25.2. The molecule has 0 saturated carbocycles. The summed E-state index contributed by atoms with van der Waals surface area (Å²) in [5, 5.41) is 9.71. The number of imidazole rings is 1. The first kappa shape index (κ1) is 23.9. The fraction of sp³-hybridized carbons (Fsp3) is 0.0323. The van der Waals surface area contributed by atoms with Gasteiger partial charge in [0.05, 0.1) is 16.8 Å². The second-order valence-electron chi connectivity index (χ2n) is 8.91. The van der Waals surface area contributed by atoms with Gasteiger partial charge in [-0.25, -0.2) is 15.0 Å². The molecule has 8 heteroatoms. The van der Waals surface area contributed by atoms with Crippen LogP contribution >= 0.6 is 0 Å². The smallest absolute Gasteiger partial charge is 0.165 e. The first-order chi connectivity index (χ1) is 19.1. The van der Waals surface area contributed by atoms with E-state index in [1.807, 2.05) is 83.4 Å². The number of hydrogen-bond donors (Lipinski definition) is 2. The van der Waals surface area contributed by atoms with Crippen LogP contribution in [0.25, 0.3) is 39.5 Å². The van der Waals surface area contributed by atoms with Gasteiger partial charge in [0.2, 0.25) is 0 Å². The number of nitrogen functional groups attached to an aromatic ring is 1. The molecule has 39 heavy (non-hydrogen) atoms. The lowest BCUT2D eigenvalue weighted by Crippen LogP contribution is -2.03. The van der Waals surface area contributed by atoms with Crippen molar-refractivity contribution in [3.05, 3.63) is 114 Å². The number of aromatic nitrogens is 4. The Labute approximate surface area is 224 Å². The highest BCUT2D eigenvalue weighted by Crippen LogP contribution is 2.32. The molecular formula is C31H23N5O3. The Morgan fingerprint density at radius 1 is 0.897 bits per heavy atom. The van der Waals surface area contributed by atoms with Gasteiger partial charge in [0, 0.05) is 17.4 Å². The molecule has 0 atom stereocenters. The number of hydrogen-bond acceptors (Lipinski definition) is 7. The number of rotatable bonds is 7. The third-order valence-electron chi connectivity index (χ3n) is 6.38. The number of phenolic OH excluding ortho intramolecular Hbond substituents is 1. The van der Waals surface area contributed by atoms with Gasteiger partial charge in [-0.1, -0.05) is 42.5 Å². The quantitative estimate of drug-likeness (QED) is 0.258. The maximum atomic E-state index is 11.1. The first-order valence-electron chi connectivity index (χ1n) is 12.3. The maximum Gasteiger partial charge on any atom is 0.165 e. The number of nitrogens with zero attached hydrogens (tertiary/aromatic N) is 4. The number of aldehydes is 1. The van der Waals surface area contributed by atoms with E-state index >= 15 is 0 Å². The van der Waals surface area contributed by atoms with Crippen LogP contribution in [0.4, 0.5) is 5.82 Å². The lowest BCUT2D eigenvalue weighted by Gasteiger charge is -2.12. The van der Waals surface area contributed by atoms with Crippen LogP contribution in [-0.2, 0) is 6.61 Å². The Morgan fingerprint density at radius 3 is 2.49 bits per heavy atom. The molecular weight excluding hydrogens is 490 g/mol. The van der Waals surface area contributed by atoms with Crippen molar-refractivity contribution in [3.63, 3.8) is 0 Å². The number of carbonyl (C=O) groups excluding carboxylic acids is 1. The molecule has 0 spiro atoms. The number of benzene rings is 3. The molecule has 0 aliphatic rings. The van der Waals surface area contributed by atoms with Crippen molar-refractivity contribution in [3.8, 4) is 39.8 Å². The molecule has 0 aliphatic heterocycles. The molecule has 8 nitrogen and oxygen atoms in total.